The molecule has 6 heteroatoms. The Kier molecular flexibility index (Phi) is 5.06. The van der Waals surface area contributed by atoms with Crippen LogP contribution in [0.15, 0.2) is 30.9 Å². The highest BCUT2D eigenvalue weighted by Gasteiger charge is 2.15. The first-order valence-electron chi connectivity index (χ1n) is 7.62. The van der Waals surface area contributed by atoms with Crippen LogP contribution < -0.4 is 10.1 Å². The third-order valence-corrected chi connectivity index (χ3v) is 4.04. The maximum atomic E-state index is 6.03. The molecule has 0 spiro atoms. The molecule has 1 fully saturated rings. The first-order valence-corrected chi connectivity index (χ1v) is 8.00. The zero-order chi connectivity index (χ0) is 15.2. The summed E-state index contributed by atoms with van der Waals surface area (Å²) in [6, 6.07) is 3.92. The fourth-order valence-electron chi connectivity index (χ4n) is 2.61. The summed E-state index contributed by atoms with van der Waals surface area (Å²) in [5.74, 6) is 1.32. The van der Waals surface area contributed by atoms with Gasteiger partial charge in [-0.05, 0) is 37.3 Å². The van der Waals surface area contributed by atoms with Crippen LogP contribution in [0.5, 0.6) is 5.88 Å². The van der Waals surface area contributed by atoms with E-state index >= 15 is 0 Å². The summed E-state index contributed by atoms with van der Waals surface area (Å²) in [4.78, 5) is 12.3. The SMILES string of the molecule is Clc1cncnc1NCc1ccnc(OC2CCCCC2)c1. The Bertz CT molecular complexity index is 617. The van der Waals surface area contributed by atoms with Gasteiger partial charge in [-0.1, -0.05) is 18.0 Å². The lowest BCUT2D eigenvalue weighted by Crippen LogP contribution is -2.20. The largest absolute Gasteiger partial charge is 0.474 e. The van der Waals surface area contributed by atoms with Gasteiger partial charge in [-0.3, -0.25) is 0 Å². The standard InChI is InChI=1S/C16H19ClN4O/c17-14-10-18-11-21-16(14)20-9-12-6-7-19-15(8-12)22-13-4-2-1-3-5-13/h6-8,10-11,13H,1-5,9H2,(H,18,20,21). The molecule has 3 rings (SSSR count). The maximum absolute atomic E-state index is 6.03. The maximum Gasteiger partial charge on any atom is 0.213 e. The lowest BCUT2D eigenvalue weighted by Gasteiger charge is -2.22. The molecule has 0 unspecified atom stereocenters. The summed E-state index contributed by atoms with van der Waals surface area (Å²) in [6.45, 7) is 0.611. The van der Waals surface area contributed by atoms with Crippen molar-refractivity contribution in [1.29, 1.82) is 0 Å². The number of pyridine rings is 1. The van der Waals surface area contributed by atoms with Gasteiger partial charge in [0, 0.05) is 18.8 Å². The monoisotopic (exact) mass is 318 g/mol. The fraction of sp³-hybridized carbons (Fsp3) is 0.438. The van der Waals surface area contributed by atoms with E-state index in [1.807, 2.05) is 12.1 Å². The van der Waals surface area contributed by atoms with Crippen molar-refractivity contribution in [1.82, 2.24) is 15.0 Å². The summed E-state index contributed by atoms with van der Waals surface area (Å²) >= 11 is 6.03. The van der Waals surface area contributed by atoms with Crippen molar-refractivity contribution in [2.75, 3.05) is 5.32 Å². The second-order valence-corrected chi connectivity index (χ2v) is 5.86. The molecular formula is C16H19ClN4O. The third kappa shape index (κ3) is 4.07. The van der Waals surface area contributed by atoms with Crippen LogP contribution in [0.1, 0.15) is 37.7 Å². The number of anilines is 1. The van der Waals surface area contributed by atoms with Crippen LogP contribution in [0, 0.1) is 0 Å². The molecule has 0 bridgehead atoms. The zero-order valence-corrected chi connectivity index (χ0v) is 13.1. The molecule has 1 saturated carbocycles. The molecule has 1 N–H and O–H groups in total. The summed E-state index contributed by atoms with van der Waals surface area (Å²) in [5.41, 5.74) is 1.08. The molecule has 0 aromatic carbocycles. The van der Waals surface area contributed by atoms with E-state index in [-0.39, 0.29) is 0 Å². The van der Waals surface area contributed by atoms with Gasteiger partial charge in [-0.15, -0.1) is 0 Å². The quantitative estimate of drug-likeness (QED) is 0.907. The molecule has 2 heterocycles. The number of ether oxygens (including phenoxy) is 1. The summed E-state index contributed by atoms with van der Waals surface area (Å²) < 4.78 is 5.98. The molecule has 0 aliphatic heterocycles. The lowest BCUT2D eigenvalue weighted by molar-refractivity contribution is 0.148. The number of nitrogens with zero attached hydrogens (tertiary/aromatic N) is 3. The molecule has 0 atom stereocenters. The average molecular weight is 319 g/mol. The van der Waals surface area contributed by atoms with E-state index in [4.69, 9.17) is 16.3 Å². The van der Waals surface area contributed by atoms with Gasteiger partial charge in [0.2, 0.25) is 5.88 Å². The van der Waals surface area contributed by atoms with Crippen LogP contribution in [0.25, 0.3) is 0 Å². The minimum atomic E-state index is 0.306. The first kappa shape index (κ1) is 15.0. The van der Waals surface area contributed by atoms with Crippen molar-refractivity contribution in [3.05, 3.63) is 41.4 Å². The molecule has 1 aliphatic rings. The predicted molar refractivity (Wildman–Crippen MR) is 86.1 cm³/mol. The molecule has 0 amide bonds. The summed E-state index contributed by atoms with van der Waals surface area (Å²) in [5, 5.41) is 3.70. The van der Waals surface area contributed by atoms with E-state index in [9.17, 15) is 0 Å². The molecule has 2 aromatic rings. The Morgan fingerprint density at radius 1 is 1.23 bits per heavy atom. The van der Waals surface area contributed by atoms with Gasteiger partial charge in [0.15, 0.2) is 0 Å². The Labute approximate surface area is 135 Å². The number of nitrogens with one attached hydrogen (secondary N) is 1. The highest BCUT2D eigenvalue weighted by Crippen LogP contribution is 2.23. The Balaban J connectivity index is 1.60. The van der Waals surface area contributed by atoms with Crippen LogP contribution in [0.3, 0.4) is 0 Å². The van der Waals surface area contributed by atoms with E-state index < -0.39 is 0 Å². The number of hydrogen-bond donors (Lipinski definition) is 1. The van der Waals surface area contributed by atoms with Crippen LogP contribution in [0.2, 0.25) is 5.02 Å². The van der Waals surface area contributed by atoms with E-state index in [1.165, 1.54) is 25.6 Å². The Morgan fingerprint density at radius 3 is 2.91 bits per heavy atom. The van der Waals surface area contributed by atoms with Crippen LogP contribution in [-0.2, 0) is 6.54 Å². The normalized spacial score (nSPS) is 15.5. The van der Waals surface area contributed by atoms with Gasteiger partial charge in [-0.2, -0.15) is 0 Å². The minimum Gasteiger partial charge on any atom is -0.474 e. The smallest absolute Gasteiger partial charge is 0.213 e. The number of aromatic nitrogens is 3. The predicted octanol–water partition coefficient (Wildman–Crippen LogP) is 3.85. The van der Waals surface area contributed by atoms with Crippen molar-refractivity contribution in [2.45, 2.75) is 44.8 Å². The topological polar surface area (TPSA) is 59.9 Å². The molecule has 116 valence electrons. The highest BCUT2D eigenvalue weighted by molar-refractivity contribution is 6.32. The molecular weight excluding hydrogens is 300 g/mol. The molecule has 0 radical (unpaired) electrons. The number of halogens is 1. The van der Waals surface area contributed by atoms with Crippen molar-refractivity contribution in [3.8, 4) is 5.88 Å². The van der Waals surface area contributed by atoms with Crippen molar-refractivity contribution in [3.63, 3.8) is 0 Å². The van der Waals surface area contributed by atoms with Crippen molar-refractivity contribution >= 4 is 17.4 Å². The van der Waals surface area contributed by atoms with Gasteiger partial charge in [0.25, 0.3) is 0 Å². The summed E-state index contributed by atoms with van der Waals surface area (Å²) in [7, 11) is 0. The van der Waals surface area contributed by atoms with Crippen LogP contribution in [0.4, 0.5) is 5.82 Å². The molecule has 5 nitrogen and oxygen atoms in total. The molecule has 2 aromatic heterocycles. The second kappa shape index (κ2) is 7.40. The van der Waals surface area contributed by atoms with E-state index in [2.05, 4.69) is 20.3 Å². The second-order valence-electron chi connectivity index (χ2n) is 5.45. The first-order chi connectivity index (χ1) is 10.8. The van der Waals surface area contributed by atoms with Gasteiger partial charge in [0.05, 0.1) is 6.20 Å². The average Bonchev–Trinajstić information content (AvgIpc) is 2.55. The number of rotatable bonds is 5. The highest BCUT2D eigenvalue weighted by atomic mass is 35.5. The van der Waals surface area contributed by atoms with E-state index in [0.29, 0.717) is 29.4 Å². The van der Waals surface area contributed by atoms with E-state index in [1.54, 1.807) is 12.4 Å². The van der Waals surface area contributed by atoms with Crippen molar-refractivity contribution < 1.29 is 4.74 Å². The van der Waals surface area contributed by atoms with Gasteiger partial charge in [0.1, 0.15) is 23.3 Å². The molecule has 22 heavy (non-hydrogen) atoms. The Hall–Kier alpha value is -1.88. The zero-order valence-electron chi connectivity index (χ0n) is 12.3. The fourth-order valence-corrected chi connectivity index (χ4v) is 2.78. The minimum absolute atomic E-state index is 0.306. The van der Waals surface area contributed by atoms with Crippen LogP contribution in [-0.4, -0.2) is 21.1 Å². The van der Waals surface area contributed by atoms with Gasteiger partial charge >= 0.3 is 0 Å². The van der Waals surface area contributed by atoms with Crippen LogP contribution >= 0.6 is 11.6 Å². The van der Waals surface area contributed by atoms with Gasteiger partial charge < -0.3 is 10.1 Å². The third-order valence-electron chi connectivity index (χ3n) is 3.77. The van der Waals surface area contributed by atoms with Gasteiger partial charge in [-0.25, -0.2) is 15.0 Å². The van der Waals surface area contributed by atoms with Crippen molar-refractivity contribution in [2.24, 2.45) is 0 Å². The molecule has 1 aliphatic carbocycles. The lowest BCUT2D eigenvalue weighted by atomic mass is 9.98. The van der Waals surface area contributed by atoms with E-state index in [0.717, 1.165) is 18.4 Å². The molecule has 0 saturated heterocycles. The Morgan fingerprint density at radius 2 is 2.09 bits per heavy atom. The summed E-state index contributed by atoms with van der Waals surface area (Å²) in [6.07, 6.45) is 11.2. The number of hydrogen-bond acceptors (Lipinski definition) is 5.